The van der Waals surface area contributed by atoms with Crippen LogP contribution >= 0.6 is 0 Å². The summed E-state index contributed by atoms with van der Waals surface area (Å²) < 4.78 is 16.6. The van der Waals surface area contributed by atoms with Crippen LogP contribution in [0.5, 0.6) is 17.2 Å². The van der Waals surface area contributed by atoms with Crippen molar-refractivity contribution in [1.29, 1.82) is 5.26 Å². The molecule has 3 aromatic carbocycles. The predicted octanol–water partition coefficient (Wildman–Crippen LogP) is 5.43. The van der Waals surface area contributed by atoms with E-state index in [0.717, 1.165) is 16.7 Å². The van der Waals surface area contributed by atoms with E-state index in [1.54, 1.807) is 37.4 Å². The molecule has 1 atom stereocenters. The molecule has 6 nitrogen and oxygen atoms in total. The number of carbonyl (C=O) groups excluding carboxylic acids is 1. The number of rotatable bonds is 4. The molecule has 0 radical (unpaired) electrons. The number of nitrogens with two attached hydrogens (primary N) is 1. The molecule has 0 aliphatic carbocycles. The van der Waals surface area contributed by atoms with Crippen molar-refractivity contribution in [3.8, 4) is 23.3 Å². The van der Waals surface area contributed by atoms with Crippen LogP contribution in [0.2, 0.25) is 0 Å². The molecule has 0 fully saturated rings. The van der Waals surface area contributed by atoms with Gasteiger partial charge in [-0.15, -0.1) is 0 Å². The van der Waals surface area contributed by atoms with Gasteiger partial charge in [-0.3, -0.25) is 0 Å². The van der Waals surface area contributed by atoms with Gasteiger partial charge in [0.2, 0.25) is 5.88 Å². The molecule has 0 saturated carbocycles. The summed E-state index contributed by atoms with van der Waals surface area (Å²) in [5, 5.41) is 9.73. The summed E-state index contributed by atoms with van der Waals surface area (Å²) in [5.74, 6) is 0.621. The largest absolute Gasteiger partial charge is 0.497 e. The van der Waals surface area contributed by atoms with Gasteiger partial charge in [0.05, 0.1) is 18.6 Å². The van der Waals surface area contributed by atoms with Crippen LogP contribution in [0, 0.1) is 11.3 Å². The van der Waals surface area contributed by atoms with E-state index in [1.165, 1.54) is 0 Å². The van der Waals surface area contributed by atoms with Crippen LogP contribution in [0.4, 0.5) is 0 Å². The van der Waals surface area contributed by atoms with Gasteiger partial charge >= 0.3 is 5.97 Å². The lowest BCUT2D eigenvalue weighted by atomic mass is 9.83. The van der Waals surface area contributed by atoms with Crippen LogP contribution in [0.3, 0.4) is 0 Å². The monoisotopic (exact) mass is 454 g/mol. The Morgan fingerprint density at radius 2 is 1.65 bits per heavy atom. The molecule has 3 aromatic rings. The molecule has 0 amide bonds. The van der Waals surface area contributed by atoms with E-state index in [4.69, 9.17) is 19.9 Å². The molecule has 0 bridgehead atoms. The molecule has 4 rings (SSSR count). The Morgan fingerprint density at radius 1 is 1.00 bits per heavy atom. The molecule has 172 valence electrons. The third-order valence-electron chi connectivity index (χ3n) is 5.84. The number of ether oxygens (including phenoxy) is 3. The SMILES string of the molecule is COc1ccc(C2C(C#N)=C(N)Oc3cc(OC(=O)c4ccc(C(C)(C)C)cc4)ccc32)cc1. The Hall–Kier alpha value is -4.24. The molecular formula is C28H26N2O4. The minimum absolute atomic E-state index is 0.00554. The first-order valence-corrected chi connectivity index (χ1v) is 10.9. The lowest BCUT2D eigenvalue weighted by Gasteiger charge is -2.26. The molecule has 1 aliphatic rings. The van der Waals surface area contributed by atoms with Gasteiger partial charge in [0.1, 0.15) is 28.9 Å². The molecule has 0 spiro atoms. The summed E-state index contributed by atoms with van der Waals surface area (Å²) in [6, 6.07) is 22.1. The minimum atomic E-state index is -0.468. The van der Waals surface area contributed by atoms with Gasteiger partial charge in [0, 0.05) is 11.6 Å². The van der Waals surface area contributed by atoms with Crippen molar-refractivity contribution in [2.75, 3.05) is 7.11 Å². The number of nitriles is 1. The van der Waals surface area contributed by atoms with E-state index in [9.17, 15) is 10.1 Å². The average Bonchev–Trinajstić information content (AvgIpc) is 2.82. The molecule has 34 heavy (non-hydrogen) atoms. The van der Waals surface area contributed by atoms with Gasteiger partial charge in [-0.25, -0.2) is 4.79 Å². The maximum Gasteiger partial charge on any atom is 0.343 e. The standard InChI is InChI=1S/C28H26N2O4/c1-28(2,3)19-9-5-18(6-10-19)27(31)33-21-13-14-22-24(15-21)34-26(30)23(16-29)25(22)17-7-11-20(32-4)12-8-17/h5-15,25H,30H2,1-4H3. The van der Waals surface area contributed by atoms with Gasteiger partial charge in [0.25, 0.3) is 0 Å². The fraction of sp³-hybridized carbons (Fsp3) is 0.214. The highest BCUT2D eigenvalue weighted by molar-refractivity contribution is 5.91. The van der Waals surface area contributed by atoms with Crippen LogP contribution in [0.15, 0.2) is 78.2 Å². The van der Waals surface area contributed by atoms with Crippen LogP contribution in [0.25, 0.3) is 0 Å². The first kappa shape index (κ1) is 22.9. The maximum atomic E-state index is 12.7. The zero-order valence-electron chi connectivity index (χ0n) is 19.6. The predicted molar refractivity (Wildman–Crippen MR) is 129 cm³/mol. The zero-order valence-corrected chi connectivity index (χ0v) is 19.6. The zero-order chi connectivity index (χ0) is 24.5. The fourth-order valence-electron chi connectivity index (χ4n) is 3.91. The van der Waals surface area contributed by atoms with Crippen molar-refractivity contribution >= 4 is 5.97 Å². The second kappa shape index (κ2) is 8.95. The molecule has 1 aliphatic heterocycles. The first-order valence-electron chi connectivity index (χ1n) is 10.9. The smallest absolute Gasteiger partial charge is 0.343 e. The molecular weight excluding hydrogens is 428 g/mol. The van der Waals surface area contributed by atoms with Crippen molar-refractivity contribution in [3.05, 3.63) is 100 Å². The second-order valence-corrected chi connectivity index (χ2v) is 9.11. The van der Waals surface area contributed by atoms with Crippen molar-refractivity contribution in [2.45, 2.75) is 32.1 Å². The summed E-state index contributed by atoms with van der Waals surface area (Å²) in [4.78, 5) is 12.7. The molecule has 0 aromatic heterocycles. The summed E-state index contributed by atoms with van der Waals surface area (Å²) >= 11 is 0. The summed E-state index contributed by atoms with van der Waals surface area (Å²) in [6.07, 6.45) is 0. The van der Waals surface area contributed by atoms with Crippen LogP contribution in [-0.2, 0) is 5.41 Å². The highest BCUT2D eigenvalue weighted by atomic mass is 16.5. The maximum absolute atomic E-state index is 12.7. The number of benzene rings is 3. The molecule has 6 heteroatoms. The lowest BCUT2D eigenvalue weighted by molar-refractivity contribution is 0.0734. The van der Waals surface area contributed by atoms with E-state index < -0.39 is 11.9 Å². The lowest BCUT2D eigenvalue weighted by Crippen LogP contribution is -2.21. The fourth-order valence-corrected chi connectivity index (χ4v) is 3.91. The second-order valence-electron chi connectivity index (χ2n) is 9.11. The van der Waals surface area contributed by atoms with E-state index in [0.29, 0.717) is 28.4 Å². The number of hydrogen-bond acceptors (Lipinski definition) is 6. The average molecular weight is 455 g/mol. The Labute approximate surface area is 199 Å². The van der Waals surface area contributed by atoms with Gasteiger partial charge in [-0.1, -0.05) is 51.1 Å². The Kier molecular flexibility index (Phi) is 6.04. The quantitative estimate of drug-likeness (QED) is 0.417. The molecule has 0 saturated heterocycles. The third kappa shape index (κ3) is 4.46. The minimum Gasteiger partial charge on any atom is -0.497 e. The van der Waals surface area contributed by atoms with Crippen LogP contribution in [0.1, 0.15) is 53.7 Å². The van der Waals surface area contributed by atoms with Crippen molar-refractivity contribution < 1.29 is 19.0 Å². The first-order chi connectivity index (χ1) is 16.2. The normalized spacial score (nSPS) is 15.1. The van der Waals surface area contributed by atoms with Crippen LogP contribution in [-0.4, -0.2) is 13.1 Å². The van der Waals surface area contributed by atoms with E-state index in [1.807, 2.05) is 36.4 Å². The third-order valence-corrected chi connectivity index (χ3v) is 5.84. The van der Waals surface area contributed by atoms with E-state index in [2.05, 4.69) is 26.8 Å². The number of methoxy groups -OCH3 is 1. The Balaban J connectivity index is 1.62. The number of allylic oxidation sites excluding steroid dienone is 1. The number of fused-ring (bicyclic) bond motifs is 1. The Bertz CT molecular complexity index is 1290. The molecule has 1 heterocycles. The highest BCUT2D eigenvalue weighted by Gasteiger charge is 2.31. The summed E-state index contributed by atoms with van der Waals surface area (Å²) in [6.45, 7) is 6.35. The number of nitrogens with zero attached hydrogens (tertiary/aromatic N) is 1. The topological polar surface area (TPSA) is 94.6 Å². The van der Waals surface area contributed by atoms with Gasteiger partial charge in [0.15, 0.2) is 0 Å². The number of carbonyl (C=O) groups is 1. The van der Waals surface area contributed by atoms with E-state index in [-0.39, 0.29) is 11.3 Å². The van der Waals surface area contributed by atoms with Crippen LogP contribution < -0.4 is 19.9 Å². The summed E-state index contributed by atoms with van der Waals surface area (Å²) in [7, 11) is 1.60. The van der Waals surface area contributed by atoms with Crippen molar-refractivity contribution in [2.24, 2.45) is 5.73 Å². The van der Waals surface area contributed by atoms with E-state index >= 15 is 0 Å². The van der Waals surface area contributed by atoms with Gasteiger partial charge in [-0.05, 0) is 46.9 Å². The molecule has 2 N–H and O–H groups in total. The Morgan fingerprint density at radius 3 is 2.24 bits per heavy atom. The molecule has 1 unspecified atom stereocenters. The van der Waals surface area contributed by atoms with Crippen molar-refractivity contribution in [1.82, 2.24) is 0 Å². The van der Waals surface area contributed by atoms with Gasteiger partial charge < -0.3 is 19.9 Å². The summed E-state index contributed by atoms with van der Waals surface area (Å²) in [5.41, 5.74) is 9.60. The number of hydrogen-bond donors (Lipinski definition) is 1. The van der Waals surface area contributed by atoms with Gasteiger partial charge in [-0.2, -0.15) is 5.26 Å². The van der Waals surface area contributed by atoms with Crippen molar-refractivity contribution in [3.63, 3.8) is 0 Å². The number of esters is 1. The highest BCUT2D eigenvalue weighted by Crippen LogP contribution is 2.43.